The number of pyridine rings is 1. The molecule has 190 valence electrons. The van der Waals surface area contributed by atoms with E-state index in [1.165, 1.54) is 18.3 Å². The number of anilines is 1. The van der Waals surface area contributed by atoms with E-state index in [1.54, 1.807) is 0 Å². The number of carbonyl (C=O) groups is 1. The zero-order valence-electron chi connectivity index (χ0n) is 18.6. The highest BCUT2D eigenvalue weighted by Crippen LogP contribution is 2.31. The minimum atomic E-state index is -4.56. The Morgan fingerprint density at radius 3 is 2.83 bits per heavy atom. The van der Waals surface area contributed by atoms with E-state index in [1.807, 2.05) is 6.07 Å². The normalized spacial score (nSPS) is 18.0. The summed E-state index contributed by atoms with van der Waals surface area (Å²) < 4.78 is 71.5. The van der Waals surface area contributed by atoms with Gasteiger partial charge >= 0.3 is 6.18 Å². The number of rotatable bonds is 7. The van der Waals surface area contributed by atoms with Crippen molar-refractivity contribution >= 4 is 23.4 Å². The lowest BCUT2D eigenvalue weighted by Crippen LogP contribution is -2.48. The molecule has 4 N–H and O–H groups in total. The van der Waals surface area contributed by atoms with Crippen LogP contribution in [0.15, 0.2) is 47.7 Å². The van der Waals surface area contributed by atoms with Crippen LogP contribution < -0.4 is 21.1 Å². The van der Waals surface area contributed by atoms with E-state index < -0.39 is 42.8 Å². The summed E-state index contributed by atoms with van der Waals surface area (Å²) in [5.41, 5.74) is 4.96. The molecule has 0 spiro atoms. The summed E-state index contributed by atoms with van der Waals surface area (Å²) in [7, 11) is 0. The van der Waals surface area contributed by atoms with Crippen LogP contribution in [0.4, 0.5) is 27.6 Å². The average Bonchev–Trinajstić information content (AvgIpc) is 2.84. The summed E-state index contributed by atoms with van der Waals surface area (Å²) in [5.74, 6) is -3.90. The average molecular weight is 508 g/mol. The number of allylic oxidation sites excluding steroid dienone is 1. The Bertz CT molecular complexity index is 1210. The van der Waals surface area contributed by atoms with Crippen molar-refractivity contribution in [3.8, 4) is 11.8 Å². The van der Waals surface area contributed by atoms with E-state index in [0.29, 0.717) is 6.54 Å². The van der Waals surface area contributed by atoms with Crippen LogP contribution in [0.5, 0.6) is 5.75 Å². The molecule has 1 aromatic heterocycles. The third kappa shape index (κ3) is 6.76. The van der Waals surface area contributed by atoms with E-state index in [0.717, 1.165) is 30.6 Å². The maximum atomic E-state index is 14.0. The predicted molar refractivity (Wildman–Crippen MR) is 121 cm³/mol. The number of aromatic nitrogens is 1. The molecule has 1 unspecified atom stereocenters. The van der Waals surface area contributed by atoms with Crippen molar-refractivity contribution < 1.29 is 31.5 Å². The number of hydrogen-bond donors (Lipinski definition) is 3. The van der Waals surface area contributed by atoms with Crippen molar-refractivity contribution in [2.24, 2.45) is 10.7 Å². The van der Waals surface area contributed by atoms with Gasteiger partial charge in [0.2, 0.25) is 0 Å². The monoisotopic (exact) mass is 508 g/mol. The molecule has 2 heterocycles. The Balaban J connectivity index is 1.67. The largest absolute Gasteiger partial charge is 0.484 e. The first-order chi connectivity index (χ1) is 17.0. The number of nitrogens with zero attached hydrogens (tertiary/aromatic N) is 3. The smallest absolute Gasteiger partial charge is 0.416 e. The molecule has 0 saturated carbocycles. The van der Waals surface area contributed by atoms with Gasteiger partial charge in [0, 0.05) is 18.0 Å². The van der Waals surface area contributed by atoms with Gasteiger partial charge < -0.3 is 21.1 Å². The Morgan fingerprint density at radius 1 is 1.39 bits per heavy atom. The lowest BCUT2D eigenvalue weighted by atomic mass is 10.0. The van der Waals surface area contributed by atoms with Gasteiger partial charge in [-0.1, -0.05) is 6.07 Å². The Morgan fingerprint density at radius 2 is 2.17 bits per heavy atom. The molecule has 0 radical (unpaired) electrons. The van der Waals surface area contributed by atoms with Crippen LogP contribution in [0.3, 0.4) is 0 Å². The lowest BCUT2D eigenvalue weighted by Gasteiger charge is -2.28. The first-order valence-electron chi connectivity index (χ1n) is 10.6. The number of nitrogens with two attached hydrogens (primary N) is 1. The van der Waals surface area contributed by atoms with Crippen molar-refractivity contribution in [2.45, 2.75) is 24.6 Å². The van der Waals surface area contributed by atoms with Crippen molar-refractivity contribution in [1.29, 1.82) is 5.26 Å². The van der Waals surface area contributed by atoms with Gasteiger partial charge in [0.1, 0.15) is 17.9 Å². The van der Waals surface area contributed by atoms with Crippen LogP contribution in [0, 0.1) is 11.3 Å². The molecule has 1 amide bonds. The molecule has 3 rings (SSSR count). The minimum absolute atomic E-state index is 0.0215. The van der Waals surface area contributed by atoms with E-state index >= 15 is 0 Å². The number of alkyl halides is 5. The number of halogens is 5. The molecule has 1 aliphatic heterocycles. The van der Waals surface area contributed by atoms with Crippen LogP contribution in [-0.2, 0) is 11.0 Å². The third-order valence-corrected chi connectivity index (χ3v) is 5.11. The summed E-state index contributed by atoms with van der Waals surface area (Å²) in [6.07, 6.45) is -1.03. The SMILES string of the molecule is N#Cc1cc(NC(=O)COc2cccc(C(F)(F)F)c2)cnc1/C(C=NC1CCNCC1(F)F)=C/N. The van der Waals surface area contributed by atoms with Crippen LogP contribution in [0.25, 0.3) is 5.57 Å². The highest BCUT2D eigenvalue weighted by Gasteiger charge is 2.41. The number of carbonyl (C=O) groups excluding carboxylic acids is 1. The zero-order chi connectivity index (χ0) is 26.3. The second kappa shape index (κ2) is 11.1. The molecule has 1 atom stereocenters. The molecule has 8 nitrogen and oxygen atoms in total. The number of benzene rings is 1. The lowest BCUT2D eigenvalue weighted by molar-refractivity contribution is -0.137. The van der Waals surface area contributed by atoms with Crippen LogP contribution in [0.2, 0.25) is 0 Å². The zero-order valence-corrected chi connectivity index (χ0v) is 18.6. The number of ether oxygens (including phenoxy) is 1. The number of aliphatic imine (C=N–C) groups is 1. The second-order valence-corrected chi connectivity index (χ2v) is 7.74. The number of piperidine rings is 1. The van der Waals surface area contributed by atoms with Crippen molar-refractivity contribution in [3.05, 3.63) is 59.5 Å². The van der Waals surface area contributed by atoms with Gasteiger partial charge in [0.15, 0.2) is 6.61 Å². The van der Waals surface area contributed by atoms with E-state index in [-0.39, 0.29) is 34.7 Å². The minimum Gasteiger partial charge on any atom is -0.484 e. The molecule has 1 saturated heterocycles. The first-order valence-corrected chi connectivity index (χ1v) is 10.6. The Labute approximate surface area is 202 Å². The van der Waals surface area contributed by atoms with E-state index in [4.69, 9.17) is 10.5 Å². The standard InChI is InChI=1S/C23H21F5N6O2/c24-22(25)13-31-5-4-19(22)32-10-15(9-30)21-14(8-29)6-17(11-33-21)34-20(35)12-36-18-3-1-2-16(7-18)23(26,27)28/h1-3,6-7,9-11,19,31H,4-5,12-13,30H2,(H,34,35)/b15-9+,32-10?. The molecule has 0 aliphatic carbocycles. The molecular weight excluding hydrogens is 487 g/mol. The molecule has 0 bridgehead atoms. The van der Waals surface area contributed by atoms with Crippen molar-refractivity contribution in [1.82, 2.24) is 10.3 Å². The van der Waals surface area contributed by atoms with Gasteiger partial charge in [-0.25, -0.2) is 8.78 Å². The Hall–Kier alpha value is -4.05. The third-order valence-electron chi connectivity index (χ3n) is 5.11. The number of amides is 1. The number of hydrogen-bond acceptors (Lipinski definition) is 7. The molecular formula is C23H21F5N6O2. The van der Waals surface area contributed by atoms with Gasteiger partial charge in [-0.3, -0.25) is 14.8 Å². The number of nitriles is 1. The summed E-state index contributed by atoms with van der Waals surface area (Å²) in [6, 6.07) is 5.97. The fourth-order valence-corrected chi connectivity index (χ4v) is 3.32. The van der Waals surface area contributed by atoms with Crippen molar-refractivity contribution in [3.63, 3.8) is 0 Å². The first kappa shape index (κ1) is 26.6. The Kier molecular flexibility index (Phi) is 8.21. The molecule has 1 aromatic carbocycles. The highest BCUT2D eigenvalue weighted by molar-refractivity contribution is 6.10. The molecule has 1 aliphatic rings. The van der Waals surface area contributed by atoms with E-state index in [2.05, 4.69) is 20.6 Å². The predicted octanol–water partition coefficient (Wildman–Crippen LogP) is 3.36. The maximum Gasteiger partial charge on any atom is 0.416 e. The van der Waals surface area contributed by atoms with E-state index in [9.17, 15) is 32.0 Å². The summed E-state index contributed by atoms with van der Waals surface area (Å²) in [6.45, 7) is -0.715. The molecule has 36 heavy (non-hydrogen) atoms. The highest BCUT2D eigenvalue weighted by atomic mass is 19.4. The quantitative estimate of drug-likeness (QED) is 0.389. The van der Waals surface area contributed by atoms with Crippen LogP contribution >= 0.6 is 0 Å². The van der Waals surface area contributed by atoms with Gasteiger partial charge in [-0.05, 0) is 37.2 Å². The van der Waals surface area contributed by atoms with Crippen LogP contribution in [0.1, 0.15) is 23.2 Å². The number of nitrogens with one attached hydrogen (secondary N) is 2. The van der Waals surface area contributed by atoms with Gasteiger partial charge in [-0.2, -0.15) is 18.4 Å². The van der Waals surface area contributed by atoms with Crippen LogP contribution in [-0.4, -0.2) is 48.8 Å². The fraction of sp³-hybridized carbons (Fsp3) is 0.304. The fourth-order valence-electron chi connectivity index (χ4n) is 3.32. The second-order valence-electron chi connectivity index (χ2n) is 7.74. The molecule has 2 aromatic rings. The van der Waals surface area contributed by atoms with Gasteiger partial charge in [0.25, 0.3) is 11.8 Å². The van der Waals surface area contributed by atoms with Crippen molar-refractivity contribution in [2.75, 3.05) is 25.0 Å². The molecule has 1 fully saturated rings. The summed E-state index contributed by atoms with van der Waals surface area (Å²) in [5, 5.41) is 14.5. The topological polar surface area (TPSA) is 125 Å². The van der Waals surface area contributed by atoms with Gasteiger partial charge in [0.05, 0.1) is 35.2 Å². The molecule has 13 heteroatoms. The summed E-state index contributed by atoms with van der Waals surface area (Å²) in [4.78, 5) is 20.2. The summed E-state index contributed by atoms with van der Waals surface area (Å²) >= 11 is 0. The maximum absolute atomic E-state index is 14.0. The van der Waals surface area contributed by atoms with Gasteiger partial charge in [-0.15, -0.1) is 0 Å².